The van der Waals surface area contributed by atoms with E-state index in [4.69, 9.17) is 15.2 Å². The van der Waals surface area contributed by atoms with E-state index < -0.39 is 30.7 Å². The average molecular weight is 269 g/mol. The Kier molecular flexibility index (Phi) is 4.38. The molecule has 6 heteroatoms. The number of ether oxygens (including phenoxy) is 2. The van der Waals surface area contributed by atoms with Crippen molar-refractivity contribution < 1.29 is 24.8 Å². The van der Waals surface area contributed by atoms with E-state index in [9.17, 15) is 15.3 Å². The van der Waals surface area contributed by atoms with E-state index in [1.165, 1.54) is 0 Å². The van der Waals surface area contributed by atoms with Crippen LogP contribution in [-0.2, 0) is 11.3 Å². The first-order valence-electron chi connectivity index (χ1n) is 6.19. The van der Waals surface area contributed by atoms with Crippen LogP contribution in [-0.4, -0.2) is 46.0 Å². The molecule has 5 atom stereocenters. The minimum Gasteiger partial charge on any atom is -0.462 e. The number of nitrogens with two attached hydrogens (primary N) is 1. The molecular weight excluding hydrogens is 250 g/mol. The third-order valence-corrected chi connectivity index (χ3v) is 3.24. The summed E-state index contributed by atoms with van der Waals surface area (Å²) < 4.78 is 10.9. The normalized spacial score (nSPS) is 35.1. The fraction of sp³-hybridized carbons (Fsp3) is 0.538. The summed E-state index contributed by atoms with van der Waals surface area (Å²) in [6.45, 7) is 1.89. The molecule has 1 saturated heterocycles. The van der Waals surface area contributed by atoms with E-state index in [1.54, 1.807) is 25.1 Å². The van der Waals surface area contributed by atoms with Crippen LogP contribution in [0.1, 0.15) is 12.5 Å². The maximum atomic E-state index is 9.86. The van der Waals surface area contributed by atoms with Crippen LogP contribution in [0.5, 0.6) is 5.75 Å². The highest BCUT2D eigenvalue weighted by Crippen LogP contribution is 2.26. The van der Waals surface area contributed by atoms with Crippen molar-refractivity contribution in [1.82, 2.24) is 0 Å². The molecule has 6 nitrogen and oxygen atoms in total. The van der Waals surface area contributed by atoms with Crippen molar-refractivity contribution in [1.29, 1.82) is 0 Å². The smallest absolute Gasteiger partial charge is 0.229 e. The van der Waals surface area contributed by atoms with Gasteiger partial charge in [-0.05, 0) is 13.0 Å². The molecule has 0 radical (unpaired) electrons. The molecule has 1 aliphatic rings. The van der Waals surface area contributed by atoms with Crippen LogP contribution < -0.4 is 10.5 Å². The Morgan fingerprint density at radius 3 is 2.53 bits per heavy atom. The van der Waals surface area contributed by atoms with E-state index in [0.29, 0.717) is 12.3 Å². The molecule has 1 fully saturated rings. The summed E-state index contributed by atoms with van der Waals surface area (Å²) in [7, 11) is 0. The SMILES string of the molecule is C[C@@H]1O[C@@H](Oc2ccccc2CN)[C@H](O)[C@H](O)[C@H]1O. The fourth-order valence-corrected chi connectivity index (χ4v) is 2.02. The lowest BCUT2D eigenvalue weighted by molar-refractivity contribution is -0.268. The molecule has 0 spiro atoms. The predicted molar refractivity (Wildman–Crippen MR) is 67.3 cm³/mol. The zero-order chi connectivity index (χ0) is 14.0. The summed E-state index contributed by atoms with van der Waals surface area (Å²) in [5, 5.41) is 29.2. The fourth-order valence-electron chi connectivity index (χ4n) is 2.02. The molecule has 1 aromatic rings. The van der Waals surface area contributed by atoms with Gasteiger partial charge in [0.1, 0.15) is 24.1 Å². The van der Waals surface area contributed by atoms with Crippen molar-refractivity contribution in [2.75, 3.05) is 0 Å². The van der Waals surface area contributed by atoms with E-state index in [1.807, 2.05) is 6.07 Å². The van der Waals surface area contributed by atoms with Crippen molar-refractivity contribution >= 4 is 0 Å². The molecule has 0 amide bonds. The molecule has 106 valence electrons. The quantitative estimate of drug-likeness (QED) is 0.581. The summed E-state index contributed by atoms with van der Waals surface area (Å²) in [6.07, 6.45) is -5.44. The molecule has 1 heterocycles. The van der Waals surface area contributed by atoms with Gasteiger partial charge in [-0.15, -0.1) is 0 Å². The van der Waals surface area contributed by atoms with Crippen LogP contribution in [0.3, 0.4) is 0 Å². The Balaban J connectivity index is 2.14. The Morgan fingerprint density at radius 1 is 1.16 bits per heavy atom. The van der Waals surface area contributed by atoms with Gasteiger partial charge in [0, 0.05) is 12.1 Å². The van der Waals surface area contributed by atoms with E-state index in [-0.39, 0.29) is 0 Å². The first-order valence-corrected chi connectivity index (χ1v) is 6.19. The van der Waals surface area contributed by atoms with E-state index >= 15 is 0 Å². The highest BCUT2D eigenvalue weighted by atomic mass is 16.7. The molecule has 1 aromatic carbocycles. The van der Waals surface area contributed by atoms with Crippen molar-refractivity contribution in [3.63, 3.8) is 0 Å². The van der Waals surface area contributed by atoms with Crippen LogP contribution in [0.15, 0.2) is 24.3 Å². The van der Waals surface area contributed by atoms with Crippen molar-refractivity contribution in [2.45, 2.75) is 44.2 Å². The third-order valence-electron chi connectivity index (χ3n) is 3.24. The molecular formula is C13H19NO5. The van der Waals surface area contributed by atoms with Crippen molar-refractivity contribution in [3.05, 3.63) is 29.8 Å². The van der Waals surface area contributed by atoms with Gasteiger partial charge >= 0.3 is 0 Å². The average Bonchev–Trinajstić information content (AvgIpc) is 2.43. The van der Waals surface area contributed by atoms with Crippen molar-refractivity contribution in [2.24, 2.45) is 5.73 Å². The summed E-state index contributed by atoms with van der Waals surface area (Å²) in [6, 6.07) is 7.12. The van der Waals surface area contributed by atoms with Crippen LogP contribution >= 0.6 is 0 Å². The molecule has 5 N–H and O–H groups in total. The van der Waals surface area contributed by atoms with Gasteiger partial charge in [-0.2, -0.15) is 0 Å². The number of rotatable bonds is 3. The zero-order valence-electron chi connectivity index (χ0n) is 10.6. The van der Waals surface area contributed by atoms with Crippen molar-refractivity contribution in [3.8, 4) is 5.75 Å². The molecule has 1 aliphatic heterocycles. The first kappa shape index (κ1) is 14.2. The van der Waals surface area contributed by atoms with Crippen LogP contribution in [0.25, 0.3) is 0 Å². The summed E-state index contributed by atoms with van der Waals surface area (Å²) in [4.78, 5) is 0. The van der Waals surface area contributed by atoms with Crippen LogP contribution in [0.2, 0.25) is 0 Å². The molecule has 2 rings (SSSR count). The second-order valence-electron chi connectivity index (χ2n) is 4.61. The zero-order valence-corrected chi connectivity index (χ0v) is 10.6. The Labute approximate surface area is 111 Å². The molecule has 0 bridgehead atoms. The lowest BCUT2D eigenvalue weighted by Gasteiger charge is -2.39. The Hall–Kier alpha value is -1.18. The minimum atomic E-state index is -1.32. The molecule has 19 heavy (non-hydrogen) atoms. The molecule has 0 aliphatic carbocycles. The first-order chi connectivity index (χ1) is 9.04. The van der Waals surface area contributed by atoms with Gasteiger partial charge in [-0.3, -0.25) is 0 Å². The summed E-state index contributed by atoms with van der Waals surface area (Å²) >= 11 is 0. The van der Waals surface area contributed by atoms with Gasteiger partial charge in [0.15, 0.2) is 0 Å². The Morgan fingerprint density at radius 2 is 1.84 bits per heavy atom. The maximum Gasteiger partial charge on any atom is 0.229 e. The van der Waals surface area contributed by atoms with Gasteiger partial charge in [-0.1, -0.05) is 18.2 Å². The largest absolute Gasteiger partial charge is 0.462 e. The lowest BCUT2D eigenvalue weighted by atomic mass is 10.00. The predicted octanol–water partition coefficient (Wildman–Crippen LogP) is -0.648. The van der Waals surface area contributed by atoms with Gasteiger partial charge in [0.05, 0.1) is 6.10 Å². The summed E-state index contributed by atoms with van der Waals surface area (Å²) in [5.74, 6) is 0.491. The Bertz CT molecular complexity index is 427. The lowest BCUT2D eigenvalue weighted by Crippen LogP contribution is -2.58. The second-order valence-corrected chi connectivity index (χ2v) is 4.61. The number of aliphatic hydroxyl groups excluding tert-OH is 3. The molecule has 0 unspecified atom stereocenters. The number of benzene rings is 1. The van der Waals surface area contributed by atoms with E-state index in [0.717, 1.165) is 5.56 Å². The minimum absolute atomic E-state index is 0.291. The molecule has 0 saturated carbocycles. The third kappa shape index (κ3) is 2.88. The second kappa shape index (κ2) is 5.85. The number of hydrogen-bond acceptors (Lipinski definition) is 6. The highest BCUT2D eigenvalue weighted by molar-refractivity contribution is 5.33. The van der Waals surface area contributed by atoms with Gasteiger partial charge < -0.3 is 30.5 Å². The maximum absolute atomic E-state index is 9.86. The van der Waals surface area contributed by atoms with Gasteiger partial charge in [0.2, 0.25) is 6.29 Å². The topological polar surface area (TPSA) is 105 Å². The van der Waals surface area contributed by atoms with Crippen LogP contribution in [0.4, 0.5) is 0 Å². The highest BCUT2D eigenvalue weighted by Gasteiger charge is 2.43. The van der Waals surface area contributed by atoms with Crippen LogP contribution in [0, 0.1) is 0 Å². The number of aliphatic hydroxyl groups is 3. The van der Waals surface area contributed by atoms with Gasteiger partial charge in [-0.25, -0.2) is 0 Å². The standard InChI is InChI=1S/C13H19NO5/c1-7-10(15)11(16)12(17)13(18-7)19-9-5-3-2-4-8(9)6-14/h2-5,7,10-13,15-17H,6,14H2,1H3/t7-,10-,11+,12+,13-/m0/s1. The number of hydrogen-bond donors (Lipinski definition) is 4. The summed E-state index contributed by atoms with van der Waals surface area (Å²) in [5.41, 5.74) is 6.36. The monoisotopic (exact) mass is 269 g/mol. The van der Waals surface area contributed by atoms with E-state index in [2.05, 4.69) is 0 Å². The van der Waals surface area contributed by atoms with Gasteiger partial charge in [0.25, 0.3) is 0 Å². The molecule has 0 aromatic heterocycles. The number of para-hydroxylation sites is 1.